The van der Waals surface area contributed by atoms with E-state index in [0.29, 0.717) is 18.7 Å². The fraction of sp³-hybridized carbons (Fsp3) is 0.474. The standard InChI is InChI=1S/C19H25N3O4S/c1-2-18(23)22-13-12-17(22)19(24)20-14-8-10-16(11-9-14)27(25,26)21-15-6-4-3-5-7-15/h2,8-11,15,17,21H,1,3-7,12-13H2,(H,20,24)/t17-/m0/s1. The highest BCUT2D eigenvalue weighted by molar-refractivity contribution is 7.89. The molecule has 1 heterocycles. The van der Waals surface area contributed by atoms with Crippen molar-refractivity contribution in [2.24, 2.45) is 0 Å². The van der Waals surface area contributed by atoms with E-state index >= 15 is 0 Å². The van der Waals surface area contributed by atoms with Crippen molar-refractivity contribution < 1.29 is 18.0 Å². The number of likely N-dealkylation sites (tertiary alicyclic amines) is 1. The van der Waals surface area contributed by atoms with E-state index in [1.807, 2.05) is 0 Å². The van der Waals surface area contributed by atoms with Gasteiger partial charge in [-0.05, 0) is 49.6 Å². The van der Waals surface area contributed by atoms with Gasteiger partial charge >= 0.3 is 0 Å². The monoisotopic (exact) mass is 391 g/mol. The molecule has 2 N–H and O–H groups in total. The Morgan fingerprint density at radius 2 is 1.74 bits per heavy atom. The molecule has 1 saturated carbocycles. The minimum Gasteiger partial charge on any atom is -0.327 e. The van der Waals surface area contributed by atoms with Crippen molar-refractivity contribution in [3.05, 3.63) is 36.9 Å². The molecule has 1 atom stereocenters. The first-order valence-electron chi connectivity index (χ1n) is 9.27. The largest absolute Gasteiger partial charge is 0.327 e. The normalized spacial score (nSPS) is 20.6. The Morgan fingerprint density at radius 3 is 2.30 bits per heavy atom. The lowest BCUT2D eigenvalue weighted by Crippen LogP contribution is -2.56. The second-order valence-electron chi connectivity index (χ2n) is 7.01. The van der Waals surface area contributed by atoms with Crippen LogP contribution >= 0.6 is 0 Å². The van der Waals surface area contributed by atoms with E-state index in [-0.39, 0.29) is 22.8 Å². The van der Waals surface area contributed by atoms with Crippen LogP contribution in [-0.2, 0) is 19.6 Å². The third-order valence-corrected chi connectivity index (χ3v) is 6.68. The van der Waals surface area contributed by atoms with Gasteiger partial charge in [-0.1, -0.05) is 25.8 Å². The fourth-order valence-electron chi connectivity index (χ4n) is 3.49. The number of hydrogen-bond donors (Lipinski definition) is 2. The molecule has 0 bridgehead atoms. The number of rotatable bonds is 6. The summed E-state index contributed by atoms with van der Waals surface area (Å²) in [5.74, 6) is -0.552. The van der Waals surface area contributed by atoms with Gasteiger partial charge in [0.05, 0.1) is 4.90 Å². The van der Waals surface area contributed by atoms with Crippen molar-refractivity contribution >= 4 is 27.5 Å². The second-order valence-corrected chi connectivity index (χ2v) is 8.72. The van der Waals surface area contributed by atoms with Gasteiger partial charge in [0.25, 0.3) is 0 Å². The first kappa shape index (κ1) is 19.6. The zero-order valence-electron chi connectivity index (χ0n) is 15.2. The maximum absolute atomic E-state index is 12.5. The molecule has 8 heteroatoms. The molecule has 2 aliphatic rings. The quantitative estimate of drug-likeness (QED) is 0.725. The van der Waals surface area contributed by atoms with Crippen molar-refractivity contribution in [3.63, 3.8) is 0 Å². The van der Waals surface area contributed by atoms with Crippen LogP contribution in [-0.4, -0.2) is 43.8 Å². The Kier molecular flexibility index (Phi) is 5.96. The lowest BCUT2D eigenvalue weighted by Gasteiger charge is -2.38. The summed E-state index contributed by atoms with van der Waals surface area (Å²) in [5, 5.41) is 2.73. The lowest BCUT2D eigenvalue weighted by molar-refractivity contribution is -0.141. The minimum atomic E-state index is -3.57. The van der Waals surface area contributed by atoms with Crippen LogP contribution in [0.4, 0.5) is 5.69 Å². The molecule has 27 heavy (non-hydrogen) atoms. The van der Waals surface area contributed by atoms with E-state index in [0.717, 1.165) is 32.1 Å². The predicted molar refractivity (Wildman–Crippen MR) is 103 cm³/mol. The summed E-state index contributed by atoms with van der Waals surface area (Å²) < 4.78 is 27.8. The number of amides is 2. The second kappa shape index (κ2) is 8.22. The van der Waals surface area contributed by atoms with E-state index in [4.69, 9.17) is 0 Å². The summed E-state index contributed by atoms with van der Waals surface area (Å²) in [5.41, 5.74) is 0.495. The summed E-state index contributed by atoms with van der Waals surface area (Å²) in [4.78, 5) is 25.6. The highest BCUT2D eigenvalue weighted by atomic mass is 32.2. The first-order valence-corrected chi connectivity index (χ1v) is 10.8. The highest BCUT2D eigenvalue weighted by Crippen LogP contribution is 2.22. The van der Waals surface area contributed by atoms with Crippen LogP contribution in [0, 0.1) is 0 Å². The van der Waals surface area contributed by atoms with Gasteiger partial charge in [0, 0.05) is 18.3 Å². The van der Waals surface area contributed by atoms with Gasteiger partial charge in [-0.25, -0.2) is 13.1 Å². The number of anilines is 1. The molecule has 1 aliphatic heterocycles. The molecule has 1 aromatic rings. The molecule has 1 aliphatic carbocycles. The lowest BCUT2D eigenvalue weighted by atomic mass is 9.96. The number of benzene rings is 1. The Hall–Kier alpha value is -2.19. The molecule has 0 spiro atoms. The zero-order valence-corrected chi connectivity index (χ0v) is 16.0. The van der Waals surface area contributed by atoms with Gasteiger partial charge in [0.1, 0.15) is 6.04 Å². The topological polar surface area (TPSA) is 95.6 Å². The summed E-state index contributed by atoms with van der Waals surface area (Å²) in [6.45, 7) is 3.96. The molecular weight excluding hydrogens is 366 g/mol. The van der Waals surface area contributed by atoms with Crippen molar-refractivity contribution in [2.45, 2.75) is 55.5 Å². The molecule has 7 nitrogen and oxygen atoms in total. The minimum absolute atomic E-state index is 0.00451. The van der Waals surface area contributed by atoms with Gasteiger partial charge in [-0.3, -0.25) is 9.59 Å². The number of sulfonamides is 1. The predicted octanol–water partition coefficient (Wildman–Crippen LogP) is 2.02. The average Bonchev–Trinajstić information content (AvgIpc) is 2.61. The maximum atomic E-state index is 12.5. The number of carbonyl (C=O) groups excluding carboxylic acids is 2. The van der Waals surface area contributed by atoms with Crippen molar-refractivity contribution in [1.82, 2.24) is 9.62 Å². The Morgan fingerprint density at radius 1 is 1.07 bits per heavy atom. The van der Waals surface area contributed by atoms with Crippen LogP contribution in [0.5, 0.6) is 0 Å². The molecular formula is C19H25N3O4S. The number of nitrogens with zero attached hydrogens (tertiary/aromatic N) is 1. The number of nitrogens with one attached hydrogen (secondary N) is 2. The van der Waals surface area contributed by atoms with Crippen molar-refractivity contribution in [2.75, 3.05) is 11.9 Å². The van der Waals surface area contributed by atoms with E-state index in [9.17, 15) is 18.0 Å². The molecule has 2 amide bonds. The first-order chi connectivity index (χ1) is 12.9. The Bertz CT molecular complexity index is 814. The van der Waals surface area contributed by atoms with Crippen LogP contribution in [0.2, 0.25) is 0 Å². The molecule has 0 aromatic heterocycles. The van der Waals surface area contributed by atoms with Crippen LogP contribution in [0.25, 0.3) is 0 Å². The maximum Gasteiger partial charge on any atom is 0.247 e. The number of hydrogen-bond acceptors (Lipinski definition) is 4. The third-order valence-electron chi connectivity index (χ3n) is 5.14. The zero-order chi connectivity index (χ0) is 19.4. The molecule has 0 radical (unpaired) electrons. The van der Waals surface area contributed by atoms with Crippen molar-refractivity contribution in [3.8, 4) is 0 Å². The van der Waals surface area contributed by atoms with Crippen molar-refractivity contribution in [1.29, 1.82) is 0 Å². The Balaban J connectivity index is 1.60. The summed E-state index contributed by atoms with van der Waals surface area (Å²) >= 11 is 0. The average molecular weight is 391 g/mol. The van der Waals surface area contributed by atoms with E-state index in [1.54, 1.807) is 12.1 Å². The van der Waals surface area contributed by atoms with Crippen LogP contribution in [0.3, 0.4) is 0 Å². The summed E-state index contributed by atoms with van der Waals surface area (Å²) in [7, 11) is -3.57. The van der Waals surface area contributed by atoms with Gasteiger partial charge in [-0.15, -0.1) is 0 Å². The molecule has 2 fully saturated rings. The number of carbonyl (C=O) groups is 2. The smallest absolute Gasteiger partial charge is 0.247 e. The summed E-state index contributed by atoms with van der Waals surface area (Å²) in [6.07, 6.45) is 6.78. The van der Waals surface area contributed by atoms with Gasteiger partial charge in [0.2, 0.25) is 21.8 Å². The van der Waals surface area contributed by atoms with Gasteiger partial charge in [-0.2, -0.15) is 0 Å². The van der Waals surface area contributed by atoms with E-state index in [1.165, 1.54) is 23.1 Å². The molecule has 1 aromatic carbocycles. The highest BCUT2D eigenvalue weighted by Gasteiger charge is 2.36. The molecule has 3 rings (SSSR count). The van der Waals surface area contributed by atoms with Crippen LogP contribution in [0.15, 0.2) is 41.8 Å². The molecule has 0 unspecified atom stereocenters. The van der Waals surface area contributed by atoms with Gasteiger partial charge in [0.15, 0.2) is 0 Å². The summed E-state index contributed by atoms with van der Waals surface area (Å²) in [6, 6.07) is 5.57. The Labute approximate surface area is 159 Å². The fourth-order valence-corrected chi connectivity index (χ4v) is 4.80. The third kappa shape index (κ3) is 4.56. The molecule has 1 saturated heterocycles. The van der Waals surface area contributed by atoms with E-state index in [2.05, 4.69) is 16.6 Å². The SMILES string of the molecule is C=CC(=O)N1CC[C@H]1C(=O)Nc1ccc(S(=O)(=O)NC2CCCCC2)cc1. The van der Waals surface area contributed by atoms with E-state index < -0.39 is 16.1 Å². The van der Waals surface area contributed by atoms with Crippen LogP contribution < -0.4 is 10.0 Å². The van der Waals surface area contributed by atoms with Gasteiger partial charge < -0.3 is 10.2 Å². The van der Waals surface area contributed by atoms with Crippen LogP contribution in [0.1, 0.15) is 38.5 Å². The molecule has 146 valence electrons.